The van der Waals surface area contributed by atoms with E-state index in [1.54, 1.807) is 0 Å². The van der Waals surface area contributed by atoms with Gasteiger partial charge in [-0.3, -0.25) is 0 Å². The fraction of sp³-hybridized carbons (Fsp3) is 0.769. The van der Waals surface area contributed by atoms with E-state index in [-0.39, 0.29) is 11.9 Å². The van der Waals surface area contributed by atoms with Crippen molar-refractivity contribution in [3.8, 4) is 0 Å². The van der Waals surface area contributed by atoms with Crippen LogP contribution in [0.3, 0.4) is 0 Å². The Kier molecular flexibility index (Phi) is 7.39. The Balaban J connectivity index is 4.30. The number of hydrogen-bond acceptors (Lipinski definition) is 2. The van der Waals surface area contributed by atoms with Gasteiger partial charge in [-0.15, -0.1) is 0 Å². The molecule has 0 saturated carbocycles. The molecule has 0 saturated heterocycles. The smallest absolute Gasteiger partial charge is 0.320 e. The Bertz CT molecular complexity index is 242. The molecule has 0 aromatic heterocycles. The Morgan fingerprint density at radius 3 is 2.12 bits per heavy atom. The monoisotopic (exact) mass is 242 g/mol. The quantitative estimate of drug-likeness (QED) is 0.529. The third-order valence-corrected chi connectivity index (χ3v) is 4.16. The van der Waals surface area contributed by atoms with Crippen molar-refractivity contribution in [2.24, 2.45) is 17.8 Å². The standard InChI is InChI=1S/C13H26O2Si/c1-9(2)7-12(11(5)6)13(14)15-16-8-10(3)4/h7,9-11H,8,16H2,1-6H3. The second-order valence-electron chi connectivity index (χ2n) is 5.34. The Morgan fingerprint density at radius 2 is 1.75 bits per heavy atom. The van der Waals surface area contributed by atoms with Gasteiger partial charge >= 0.3 is 5.97 Å². The van der Waals surface area contributed by atoms with Crippen LogP contribution >= 0.6 is 0 Å². The van der Waals surface area contributed by atoms with Crippen LogP contribution in [0.2, 0.25) is 6.04 Å². The van der Waals surface area contributed by atoms with Gasteiger partial charge in [0.2, 0.25) is 9.76 Å². The average Bonchev–Trinajstić information content (AvgIpc) is 2.12. The van der Waals surface area contributed by atoms with Crippen LogP contribution < -0.4 is 0 Å². The molecular weight excluding hydrogens is 216 g/mol. The van der Waals surface area contributed by atoms with E-state index in [1.807, 2.05) is 19.9 Å². The van der Waals surface area contributed by atoms with Crippen LogP contribution in [0.5, 0.6) is 0 Å². The van der Waals surface area contributed by atoms with Gasteiger partial charge in [0.15, 0.2) is 0 Å². The molecule has 16 heavy (non-hydrogen) atoms. The van der Waals surface area contributed by atoms with Crippen molar-refractivity contribution in [3.05, 3.63) is 11.6 Å². The molecule has 0 N–H and O–H groups in total. The number of hydrogen-bond donors (Lipinski definition) is 0. The minimum atomic E-state index is -0.683. The minimum Gasteiger partial charge on any atom is -0.522 e. The molecular formula is C13H26O2Si. The Hall–Kier alpha value is -0.573. The summed E-state index contributed by atoms with van der Waals surface area (Å²) in [6, 6.07) is 1.07. The van der Waals surface area contributed by atoms with Crippen LogP contribution in [0, 0.1) is 17.8 Å². The first kappa shape index (κ1) is 15.4. The van der Waals surface area contributed by atoms with E-state index in [0.29, 0.717) is 11.8 Å². The lowest BCUT2D eigenvalue weighted by atomic mass is 9.99. The van der Waals surface area contributed by atoms with Crippen LogP contribution in [0.25, 0.3) is 0 Å². The first-order valence-electron chi connectivity index (χ1n) is 6.23. The molecule has 0 aliphatic rings. The molecule has 0 unspecified atom stereocenters. The van der Waals surface area contributed by atoms with Gasteiger partial charge in [0.1, 0.15) is 0 Å². The first-order valence-corrected chi connectivity index (χ1v) is 7.81. The van der Waals surface area contributed by atoms with E-state index < -0.39 is 9.76 Å². The lowest BCUT2D eigenvalue weighted by molar-refractivity contribution is -0.130. The summed E-state index contributed by atoms with van der Waals surface area (Å²) in [6.07, 6.45) is 2.02. The van der Waals surface area contributed by atoms with Crippen LogP contribution in [-0.4, -0.2) is 15.7 Å². The summed E-state index contributed by atoms with van der Waals surface area (Å²) in [4.78, 5) is 11.8. The zero-order valence-electron chi connectivity index (χ0n) is 11.5. The molecule has 0 bridgehead atoms. The summed E-state index contributed by atoms with van der Waals surface area (Å²) in [5.41, 5.74) is 0.839. The molecule has 0 aliphatic heterocycles. The SMILES string of the molecule is CC(C)C=C(C(=O)O[SiH2]CC(C)C)C(C)C. The predicted octanol–water partition coefficient (Wildman–Crippen LogP) is 2.93. The van der Waals surface area contributed by atoms with E-state index in [4.69, 9.17) is 4.43 Å². The van der Waals surface area contributed by atoms with Gasteiger partial charge in [0.25, 0.3) is 0 Å². The van der Waals surface area contributed by atoms with Crippen molar-refractivity contribution in [3.63, 3.8) is 0 Å². The molecule has 0 amide bonds. The van der Waals surface area contributed by atoms with Crippen molar-refractivity contribution in [1.29, 1.82) is 0 Å². The first-order chi connectivity index (χ1) is 7.34. The molecule has 0 heterocycles. The summed E-state index contributed by atoms with van der Waals surface area (Å²) in [6.45, 7) is 12.6. The number of allylic oxidation sites excluding steroid dienone is 1. The maximum Gasteiger partial charge on any atom is 0.320 e. The lowest BCUT2D eigenvalue weighted by Gasteiger charge is -2.13. The van der Waals surface area contributed by atoms with E-state index in [0.717, 1.165) is 11.6 Å². The highest BCUT2D eigenvalue weighted by atomic mass is 28.2. The molecule has 94 valence electrons. The maximum atomic E-state index is 11.8. The number of carbonyl (C=O) groups is 1. The largest absolute Gasteiger partial charge is 0.522 e. The van der Waals surface area contributed by atoms with Crippen molar-refractivity contribution in [2.45, 2.75) is 47.6 Å². The third kappa shape index (κ3) is 6.83. The summed E-state index contributed by atoms with van der Waals surface area (Å²) in [5, 5.41) is 0. The van der Waals surface area contributed by atoms with Crippen LogP contribution in [0.4, 0.5) is 0 Å². The highest BCUT2D eigenvalue weighted by Crippen LogP contribution is 2.15. The second-order valence-corrected chi connectivity index (χ2v) is 6.61. The number of rotatable bonds is 6. The summed E-state index contributed by atoms with van der Waals surface area (Å²) in [7, 11) is -0.683. The second kappa shape index (κ2) is 7.66. The van der Waals surface area contributed by atoms with Gasteiger partial charge in [-0.05, 0) is 23.8 Å². The highest BCUT2D eigenvalue weighted by Gasteiger charge is 2.15. The summed E-state index contributed by atoms with van der Waals surface area (Å²) in [5.74, 6) is 1.20. The molecule has 0 atom stereocenters. The van der Waals surface area contributed by atoms with Crippen molar-refractivity contribution in [2.75, 3.05) is 0 Å². The van der Waals surface area contributed by atoms with Gasteiger partial charge in [0.05, 0.1) is 0 Å². The normalized spacial score (nSPS) is 13.4. The van der Waals surface area contributed by atoms with Gasteiger partial charge in [-0.25, -0.2) is 4.79 Å². The molecule has 3 heteroatoms. The molecule has 2 nitrogen and oxygen atoms in total. The zero-order valence-corrected chi connectivity index (χ0v) is 13.0. The number of carbonyl (C=O) groups excluding carboxylic acids is 1. The minimum absolute atomic E-state index is 0.0870. The fourth-order valence-electron chi connectivity index (χ4n) is 1.33. The van der Waals surface area contributed by atoms with Crippen molar-refractivity contribution >= 4 is 15.7 Å². The average molecular weight is 242 g/mol. The zero-order chi connectivity index (χ0) is 12.7. The van der Waals surface area contributed by atoms with Crippen molar-refractivity contribution in [1.82, 2.24) is 0 Å². The van der Waals surface area contributed by atoms with E-state index in [9.17, 15) is 4.79 Å². The van der Waals surface area contributed by atoms with Gasteiger partial charge in [-0.2, -0.15) is 0 Å². The molecule has 0 aromatic carbocycles. The van der Waals surface area contributed by atoms with Crippen LogP contribution in [0.1, 0.15) is 41.5 Å². The van der Waals surface area contributed by atoms with E-state index >= 15 is 0 Å². The van der Waals surface area contributed by atoms with Gasteiger partial charge in [-0.1, -0.05) is 47.6 Å². The van der Waals surface area contributed by atoms with Gasteiger partial charge < -0.3 is 4.43 Å². The summed E-state index contributed by atoms with van der Waals surface area (Å²) < 4.78 is 5.41. The highest BCUT2D eigenvalue weighted by molar-refractivity contribution is 6.31. The van der Waals surface area contributed by atoms with Crippen molar-refractivity contribution < 1.29 is 9.22 Å². The maximum absolute atomic E-state index is 11.8. The van der Waals surface area contributed by atoms with Crippen LogP contribution in [-0.2, 0) is 9.22 Å². The van der Waals surface area contributed by atoms with E-state index in [1.165, 1.54) is 0 Å². The molecule has 0 fully saturated rings. The Labute approximate surface area is 102 Å². The fourth-order valence-corrected chi connectivity index (χ4v) is 2.27. The summed E-state index contributed by atoms with van der Waals surface area (Å²) >= 11 is 0. The van der Waals surface area contributed by atoms with E-state index in [2.05, 4.69) is 27.7 Å². The predicted molar refractivity (Wildman–Crippen MR) is 72.0 cm³/mol. The molecule has 0 radical (unpaired) electrons. The topological polar surface area (TPSA) is 26.3 Å². The van der Waals surface area contributed by atoms with Crippen LogP contribution in [0.15, 0.2) is 11.6 Å². The molecule has 0 spiro atoms. The Morgan fingerprint density at radius 1 is 1.19 bits per heavy atom. The molecule has 0 aromatic rings. The lowest BCUT2D eigenvalue weighted by Crippen LogP contribution is -2.16. The molecule has 0 aliphatic carbocycles. The van der Waals surface area contributed by atoms with Gasteiger partial charge in [0, 0.05) is 5.57 Å². The molecule has 0 rings (SSSR count). The third-order valence-electron chi connectivity index (χ3n) is 2.30.